The molecule has 5 nitrogen and oxygen atoms in total. The molecule has 0 saturated heterocycles. The molecular weight excluding hydrogens is 266 g/mol. The Morgan fingerprint density at radius 2 is 2.11 bits per heavy atom. The van der Waals surface area contributed by atoms with Gasteiger partial charge in [0.1, 0.15) is 4.83 Å². The molecule has 2 rings (SSSR count). The van der Waals surface area contributed by atoms with E-state index in [0.717, 1.165) is 11.3 Å². The fraction of sp³-hybridized carbons (Fsp3) is 0.300. The van der Waals surface area contributed by atoms with Gasteiger partial charge in [0.15, 0.2) is 6.29 Å². The van der Waals surface area contributed by atoms with Gasteiger partial charge in [0.25, 0.3) is 12.0 Å². The summed E-state index contributed by atoms with van der Waals surface area (Å²) in [4.78, 5) is 37.0. The molecule has 0 radical (unpaired) electrons. The Morgan fingerprint density at radius 1 is 1.44 bits per heavy atom. The first kappa shape index (κ1) is 12.6. The van der Waals surface area contributed by atoms with Gasteiger partial charge in [0, 0.05) is 0 Å². The molecule has 18 heavy (non-hydrogen) atoms. The van der Waals surface area contributed by atoms with Gasteiger partial charge in [-0.05, 0) is 12.5 Å². The number of carbonyl (C=O) groups is 1. The van der Waals surface area contributed by atoms with Crippen LogP contribution in [0, 0.1) is 6.92 Å². The van der Waals surface area contributed by atoms with Gasteiger partial charge in [-0.25, -0.2) is 13.6 Å². The van der Waals surface area contributed by atoms with Crippen LogP contribution >= 0.6 is 11.3 Å². The number of fused-ring (bicyclic) bond motifs is 1. The number of H-pyrrole nitrogens is 1. The number of nitrogens with zero attached hydrogens (tertiary/aromatic N) is 1. The summed E-state index contributed by atoms with van der Waals surface area (Å²) in [5, 5.41) is 0.113. The Labute approximate surface area is 103 Å². The number of halogens is 2. The summed E-state index contributed by atoms with van der Waals surface area (Å²) in [5.41, 5.74) is -1.29. The minimum atomic E-state index is -2.80. The molecule has 0 aromatic carbocycles. The zero-order valence-electron chi connectivity index (χ0n) is 9.20. The van der Waals surface area contributed by atoms with Crippen LogP contribution in [0.25, 0.3) is 10.2 Å². The van der Waals surface area contributed by atoms with Gasteiger partial charge in [-0.1, -0.05) is 0 Å². The minimum absolute atomic E-state index is 0.113. The van der Waals surface area contributed by atoms with Crippen molar-refractivity contribution < 1.29 is 13.6 Å². The van der Waals surface area contributed by atoms with Gasteiger partial charge in [-0.3, -0.25) is 19.1 Å². The van der Waals surface area contributed by atoms with Crippen molar-refractivity contribution in [2.24, 2.45) is 0 Å². The Balaban J connectivity index is 2.84. The van der Waals surface area contributed by atoms with Crippen LogP contribution in [0.2, 0.25) is 0 Å². The lowest BCUT2D eigenvalue weighted by atomic mass is 10.2. The van der Waals surface area contributed by atoms with E-state index < -0.39 is 24.2 Å². The number of hydrogen-bond donors (Lipinski definition) is 1. The van der Waals surface area contributed by atoms with Crippen molar-refractivity contribution in [3.05, 3.63) is 31.3 Å². The first-order chi connectivity index (χ1) is 8.45. The summed E-state index contributed by atoms with van der Waals surface area (Å²) in [7, 11) is 0. The highest BCUT2D eigenvalue weighted by molar-refractivity contribution is 7.20. The Kier molecular flexibility index (Phi) is 3.12. The SMILES string of the molecule is Cc1c(C=O)sc2[nH]c(=O)n(CC(F)F)c(=O)c12. The molecule has 0 aliphatic heterocycles. The highest BCUT2D eigenvalue weighted by Crippen LogP contribution is 2.24. The highest BCUT2D eigenvalue weighted by atomic mass is 32.1. The number of carbonyl (C=O) groups excluding carboxylic acids is 1. The van der Waals surface area contributed by atoms with Crippen LogP contribution in [-0.4, -0.2) is 22.3 Å². The number of rotatable bonds is 3. The normalized spacial score (nSPS) is 11.3. The third-order valence-electron chi connectivity index (χ3n) is 2.54. The van der Waals surface area contributed by atoms with Gasteiger partial charge in [-0.2, -0.15) is 0 Å². The van der Waals surface area contributed by atoms with Crippen molar-refractivity contribution in [3.8, 4) is 0 Å². The average Bonchev–Trinajstić information content (AvgIpc) is 2.60. The third kappa shape index (κ3) is 1.88. The van der Waals surface area contributed by atoms with Crippen molar-refractivity contribution in [1.82, 2.24) is 9.55 Å². The third-order valence-corrected chi connectivity index (χ3v) is 3.67. The Morgan fingerprint density at radius 3 is 2.67 bits per heavy atom. The van der Waals surface area contributed by atoms with E-state index >= 15 is 0 Å². The number of nitrogens with one attached hydrogen (secondary N) is 1. The minimum Gasteiger partial charge on any atom is -0.298 e. The number of thiophene rings is 1. The smallest absolute Gasteiger partial charge is 0.298 e. The maximum Gasteiger partial charge on any atom is 0.329 e. The van der Waals surface area contributed by atoms with Crippen molar-refractivity contribution in [2.45, 2.75) is 19.9 Å². The molecule has 1 N–H and O–H groups in total. The van der Waals surface area contributed by atoms with Gasteiger partial charge in [-0.15, -0.1) is 11.3 Å². The topological polar surface area (TPSA) is 71.9 Å². The van der Waals surface area contributed by atoms with Crippen LogP contribution < -0.4 is 11.2 Å². The van der Waals surface area contributed by atoms with E-state index in [4.69, 9.17) is 0 Å². The zero-order chi connectivity index (χ0) is 13.4. The number of aryl methyl sites for hydroxylation is 1. The molecule has 0 saturated carbocycles. The molecule has 0 aliphatic carbocycles. The van der Waals surface area contributed by atoms with Gasteiger partial charge in [0.05, 0.1) is 16.8 Å². The first-order valence-electron chi connectivity index (χ1n) is 4.95. The maximum absolute atomic E-state index is 12.3. The predicted octanol–water partition coefficient (Wildman–Crippen LogP) is 1.14. The summed E-state index contributed by atoms with van der Waals surface area (Å²) >= 11 is 0.955. The quantitative estimate of drug-likeness (QED) is 0.853. The van der Waals surface area contributed by atoms with E-state index in [1.807, 2.05) is 0 Å². The van der Waals surface area contributed by atoms with Crippen molar-refractivity contribution in [3.63, 3.8) is 0 Å². The molecule has 0 fully saturated rings. The molecule has 8 heteroatoms. The molecule has 0 aliphatic rings. The molecule has 0 spiro atoms. The second kappa shape index (κ2) is 4.45. The van der Waals surface area contributed by atoms with Crippen molar-refractivity contribution >= 4 is 27.8 Å². The van der Waals surface area contributed by atoms with Crippen LogP contribution in [0.1, 0.15) is 15.2 Å². The Bertz CT molecular complexity index is 729. The first-order valence-corrected chi connectivity index (χ1v) is 5.77. The van der Waals surface area contributed by atoms with E-state index in [-0.39, 0.29) is 10.2 Å². The lowest BCUT2D eigenvalue weighted by Crippen LogP contribution is -2.36. The highest BCUT2D eigenvalue weighted by Gasteiger charge is 2.17. The average molecular weight is 274 g/mol. The fourth-order valence-corrected chi connectivity index (χ4v) is 2.69. The molecule has 0 unspecified atom stereocenters. The van der Waals surface area contributed by atoms with Crippen molar-refractivity contribution in [1.29, 1.82) is 0 Å². The lowest BCUT2D eigenvalue weighted by molar-refractivity contribution is 0.112. The molecule has 2 aromatic rings. The predicted molar refractivity (Wildman–Crippen MR) is 62.8 cm³/mol. The monoisotopic (exact) mass is 274 g/mol. The standard InChI is InChI=1S/C10H8F2N2O3S/c1-4-5(3-15)18-8-7(4)9(16)14(2-6(11)12)10(17)13-8/h3,6H,2H2,1H3,(H,13,17). The van der Waals surface area contributed by atoms with E-state index in [9.17, 15) is 23.2 Å². The molecular formula is C10H8F2N2O3S. The summed E-state index contributed by atoms with van der Waals surface area (Å²) in [6.07, 6.45) is -2.24. The maximum atomic E-state index is 12.3. The molecule has 0 amide bonds. The van der Waals surface area contributed by atoms with Gasteiger partial charge >= 0.3 is 5.69 Å². The van der Waals surface area contributed by atoms with Crippen LogP contribution in [0.5, 0.6) is 0 Å². The summed E-state index contributed by atoms with van der Waals surface area (Å²) in [6, 6.07) is 0. The number of alkyl halides is 2. The van der Waals surface area contributed by atoms with E-state index in [1.54, 1.807) is 0 Å². The summed E-state index contributed by atoms with van der Waals surface area (Å²) < 4.78 is 25.0. The van der Waals surface area contributed by atoms with Crippen LogP contribution in [0.15, 0.2) is 9.59 Å². The second-order valence-electron chi connectivity index (χ2n) is 3.65. The molecule has 96 valence electrons. The molecule has 0 atom stereocenters. The van der Waals surface area contributed by atoms with Gasteiger partial charge < -0.3 is 0 Å². The fourth-order valence-electron chi connectivity index (χ4n) is 1.68. The zero-order valence-corrected chi connectivity index (χ0v) is 10.0. The largest absolute Gasteiger partial charge is 0.329 e. The van der Waals surface area contributed by atoms with Crippen LogP contribution in [0.3, 0.4) is 0 Å². The molecule has 2 heterocycles. The number of aromatic amines is 1. The van der Waals surface area contributed by atoms with E-state index in [0.29, 0.717) is 21.3 Å². The molecule has 2 aromatic heterocycles. The number of aldehydes is 1. The van der Waals surface area contributed by atoms with Crippen molar-refractivity contribution in [2.75, 3.05) is 0 Å². The molecule has 0 bridgehead atoms. The lowest BCUT2D eigenvalue weighted by Gasteiger charge is -2.03. The van der Waals surface area contributed by atoms with E-state index in [1.165, 1.54) is 6.92 Å². The summed E-state index contributed by atoms with van der Waals surface area (Å²) in [5.74, 6) is 0. The Hall–Kier alpha value is -1.83. The van der Waals surface area contributed by atoms with Crippen LogP contribution in [-0.2, 0) is 6.54 Å². The van der Waals surface area contributed by atoms with Crippen LogP contribution in [0.4, 0.5) is 8.78 Å². The number of hydrogen-bond acceptors (Lipinski definition) is 4. The second-order valence-corrected chi connectivity index (χ2v) is 4.70. The summed E-state index contributed by atoms with van der Waals surface area (Å²) in [6.45, 7) is 0.574. The number of aromatic nitrogens is 2. The van der Waals surface area contributed by atoms with Gasteiger partial charge in [0.2, 0.25) is 0 Å². The van der Waals surface area contributed by atoms with E-state index in [2.05, 4.69) is 4.98 Å².